The van der Waals surface area contributed by atoms with Gasteiger partial charge in [0.15, 0.2) is 0 Å². The van der Waals surface area contributed by atoms with Crippen LogP contribution in [0.4, 0.5) is 0 Å². The van der Waals surface area contributed by atoms with E-state index in [0.29, 0.717) is 12.2 Å². The largest absolute Gasteiger partial charge is 0.492 e. The topological polar surface area (TPSA) is 39.5 Å². The first-order valence-electron chi connectivity index (χ1n) is 6.89. The van der Waals surface area contributed by atoms with Crippen molar-refractivity contribution >= 4 is 0 Å². The fourth-order valence-corrected chi connectivity index (χ4v) is 2.28. The molecule has 0 saturated carbocycles. The highest BCUT2D eigenvalue weighted by Crippen LogP contribution is 2.12. The highest BCUT2D eigenvalue weighted by atomic mass is 16.5. The molecule has 19 heavy (non-hydrogen) atoms. The van der Waals surface area contributed by atoms with Crippen LogP contribution in [0.15, 0.2) is 24.3 Å². The van der Waals surface area contributed by atoms with Gasteiger partial charge in [-0.3, -0.25) is 4.90 Å². The normalized spacial score (nSPS) is 17.1. The Morgan fingerprint density at radius 1 is 1.21 bits per heavy atom. The van der Waals surface area contributed by atoms with Crippen LogP contribution in [0.2, 0.25) is 0 Å². The number of hydrogen-bond donors (Lipinski definition) is 0. The number of nitriles is 1. The molecule has 1 saturated heterocycles. The molecule has 0 N–H and O–H groups in total. The Morgan fingerprint density at radius 3 is 2.63 bits per heavy atom. The van der Waals surface area contributed by atoms with Gasteiger partial charge in [-0.2, -0.15) is 5.26 Å². The van der Waals surface area contributed by atoms with Gasteiger partial charge >= 0.3 is 0 Å². The minimum atomic E-state index is 0.647. The maximum absolute atomic E-state index is 8.82. The standard InChI is InChI=1S/C15H21N3O/c1-2-17-6-8-18(9-7-17)10-11-19-15-5-3-4-14(12-15)13-16/h3-5,12H,2,6-11H2,1H3. The molecule has 0 radical (unpaired) electrons. The van der Waals surface area contributed by atoms with Crippen LogP contribution in [0.1, 0.15) is 12.5 Å². The summed E-state index contributed by atoms with van der Waals surface area (Å²) in [4.78, 5) is 4.90. The summed E-state index contributed by atoms with van der Waals surface area (Å²) in [5, 5.41) is 8.82. The van der Waals surface area contributed by atoms with Crippen molar-refractivity contribution in [3.05, 3.63) is 29.8 Å². The van der Waals surface area contributed by atoms with Crippen molar-refractivity contribution in [1.29, 1.82) is 5.26 Å². The summed E-state index contributed by atoms with van der Waals surface area (Å²) < 4.78 is 5.70. The van der Waals surface area contributed by atoms with E-state index in [2.05, 4.69) is 22.8 Å². The molecule has 1 aromatic rings. The van der Waals surface area contributed by atoms with Gasteiger partial charge in [-0.1, -0.05) is 13.0 Å². The molecule has 0 spiro atoms. The van der Waals surface area contributed by atoms with Gasteiger partial charge in [-0.05, 0) is 24.7 Å². The summed E-state index contributed by atoms with van der Waals surface area (Å²) in [5.41, 5.74) is 0.647. The molecular formula is C15H21N3O. The van der Waals surface area contributed by atoms with Crippen LogP contribution in [-0.4, -0.2) is 55.7 Å². The monoisotopic (exact) mass is 259 g/mol. The molecule has 0 aromatic heterocycles. The van der Waals surface area contributed by atoms with Crippen LogP contribution in [0, 0.1) is 11.3 Å². The summed E-state index contributed by atoms with van der Waals surface area (Å²) in [6.45, 7) is 9.54. The SMILES string of the molecule is CCN1CCN(CCOc2cccc(C#N)c2)CC1. The number of hydrogen-bond acceptors (Lipinski definition) is 4. The van der Waals surface area contributed by atoms with E-state index in [0.717, 1.165) is 45.0 Å². The van der Waals surface area contributed by atoms with Gasteiger partial charge in [0.25, 0.3) is 0 Å². The van der Waals surface area contributed by atoms with Gasteiger partial charge in [0.2, 0.25) is 0 Å². The quantitative estimate of drug-likeness (QED) is 0.805. The molecule has 0 aliphatic carbocycles. The van der Waals surface area contributed by atoms with Crippen molar-refractivity contribution in [3.8, 4) is 11.8 Å². The van der Waals surface area contributed by atoms with Crippen LogP contribution < -0.4 is 4.74 Å². The van der Waals surface area contributed by atoms with Crippen LogP contribution in [-0.2, 0) is 0 Å². The maximum atomic E-state index is 8.82. The van der Waals surface area contributed by atoms with Crippen molar-refractivity contribution in [1.82, 2.24) is 9.80 Å². The molecule has 0 unspecified atom stereocenters. The fourth-order valence-electron chi connectivity index (χ4n) is 2.28. The van der Waals surface area contributed by atoms with Gasteiger partial charge in [-0.15, -0.1) is 0 Å². The lowest BCUT2D eigenvalue weighted by atomic mass is 10.2. The molecule has 4 nitrogen and oxygen atoms in total. The first-order valence-corrected chi connectivity index (χ1v) is 6.89. The Kier molecular flexibility index (Phi) is 5.20. The first-order chi connectivity index (χ1) is 9.31. The van der Waals surface area contributed by atoms with E-state index < -0.39 is 0 Å². The van der Waals surface area contributed by atoms with E-state index in [1.54, 1.807) is 12.1 Å². The molecule has 0 amide bonds. The molecular weight excluding hydrogens is 238 g/mol. The van der Waals surface area contributed by atoms with E-state index in [1.165, 1.54) is 0 Å². The van der Waals surface area contributed by atoms with Gasteiger partial charge in [0.05, 0.1) is 11.6 Å². The second-order valence-corrected chi connectivity index (χ2v) is 4.76. The minimum absolute atomic E-state index is 0.647. The molecule has 0 atom stereocenters. The third-order valence-corrected chi connectivity index (χ3v) is 3.55. The summed E-state index contributed by atoms with van der Waals surface area (Å²) in [6, 6.07) is 9.45. The third kappa shape index (κ3) is 4.23. The summed E-state index contributed by atoms with van der Waals surface area (Å²) in [5.74, 6) is 0.784. The molecule has 1 aliphatic rings. The van der Waals surface area contributed by atoms with E-state index in [9.17, 15) is 0 Å². The first kappa shape index (κ1) is 13.9. The van der Waals surface area contributed by atoms with Crippen LogP contribution in [0.3, 0.4) is 0 Å². The zero-order valence-corrected chi connectivity index (χ0v) is 11.5. The average molecular weight is 259 g/mol. The number of nitrogens with zero attached hydrogens (tertiary/aromatic N) is 3. The predicted molar refractivity (Wildman–Crippen MR) is 75.2 cm³/mol. The van der Waals surface area contributed by atoms with Crippen LogP contribution in [0.25, 0.3) is 0 Å². The Hall–Kier alpha value is -1.57. The number of likely N-dealkylation sites (N-methyl/N-ethyl adjacent to an activating group) is 1. The summed E-state index contributed by atoms with van der Waals surface area (Å²) in [7, 11) is 0. The molecule has 0 bridgehead atoms. The Balaban J connectivity index is 1.70. The van der Waals surface area contributed by atoms with Crippen LogP contribution >= 0.6 is 0 Å². The van der Waals surface area contributed by atoms with Gasteiger partial charge < -0.3 is 9.64 Å². The van der Waals surface area contributed by atoms with Crippen molar-refractivity contribution in [2.24, 2.45) is 0 Å². The van der Waals surface area contributed by atoms with Crippen molar-refractivity contribution in [3.63, 3.8) is 0 Å². The highest BCUT2D eigenvalue weighted by Gasteiger charge is 2.14. The Morgan fingerprint density at radius 2 is 1.95 bits per heavy atom. The number of benzene rings is 1. The second kappa shape index (κ2) is 7.13. The Labute approximate surface area is 115 Å². The number of rotatable bonds is 5. The number of ether oxygens (including phenoxy) is 1. The minimum Gasteiger partial charge on any atom is -0.492 e. The second-order valence-electron chi connectivity index (χ2n) is 4.76. The summed E-state index contributed by atoms with van der Waals surface area (Å²) >= 11 is 0. The smallest absolute Gasteiger partial charge is 0.120 e. The predicted octanol–water partition coefficient (Wildman–Crippen LogP) is 1.57. The Bertz CT molecular complexity index is 433. The molecule has 2 rings (SSSR count). The van der Waals surface area contributed by atoms with Gasteiger partial charge in [-0.25, -0.2) is 0 Å². The zero-order valence-electron chi connectivity index (χ0n) is 11.5. The average Bonchev–Trinajstić information content (AvgIpc) is 2.48. The van der Waals surface area contributed by atoms with Gasteiger partial charge in [0.1, 0.15) is 12.4 Å². The summed E-state index contributed by atoms with van der Waals surface area (Å²) in [6.07, 6.45) is 0. The highest BCUT2D eigenvalue weighted by molar-refractivity contribution is 5.36. The van der Waals surface area contributed by atoms with E-state index >= 15 is 0 Å². The molecule has 1 fully saturated rings. The van der Waals surface area contributed by atoms with Crippen molar-refractivity contribution in [2.75, 3.05) is 45.9 Å². The lowest BCUT2D eigenvalue weighted by Crippen LogP contribution is -2.47. The number of piperazine rings is 1. The zero-order chi connectivity index (χ0) is 13.5. The van der Waals surface area contributed by atoms with E-state index in [-0.39, 0.29) is 0 Å². The molecule has 4 heteroatoms. The van der Waals surface area contributed by atoms with Crippen molar-refractivity contribution < 1.29 is 4.74 Å². The lowest BCUT2D eigenvalue weighted by Gasteiger charge is -2.33. The van der Waals surface area contributed by atoms with Gasteiger partial charge in [0, 0.05) is 32.7 Å². The third-order valence-electron chi connectivity index (χ3n) is 3.55. The lowest BCUT2D eigenvalue weighted by molar-refractivity contribution is 0.121. The molecule has 1 heterocycles. The van der Waals surface area contributed by atoms with Crippen LogP contribution in [0.5, 0.6) is 5.75 Å². The van der Waals surface area contributed by atoms with Crippen molar-refractivity contribution in [2.45, 2.75) is 6.92 Å². The maximum Gasteiger partial charge on any atom is 0.120 e. The fraction of sp³-hybridized carbons (Fsp3) is 0.533. The van der Waals surface area contributed by atoms with E-state index in [4.69, 9.17) is 10.00 Å². The molecule has 1 aliphatic heterocycles. The van der Waals surface area contributed by atoms with E-state index in [1.807, 2.05) is 12.1 Å². The molecule has 1 aromatic carbocycles. The molecule has 102 valence electrons.